The maximum absolute atomic E-state index is 12.7. The molecule has 0 fully saturated rings. The maximum atomic E-state index is 12.7. The number of aromatic nitrogens is 3. The van der Waals surface area contributed by atoms with Crippen LogP contribution in [0.15, 0.2) is 73.2 Å². The molecule has 27 heavy (non-hydrogen) atoms. The standard InChI is InChI=1S/C21H17N5O/c1-14-7-9-16(10-8-14)25-19-12-18(23-13-24-19)21(27)26-17-6-2-4-15-5-3-11-22-20(15)17/h2-13H,1H3,(H,26,27)(H,23,24,25). The molecule has 2 heterocycles. The van der Waals surface area contributed by atoms with Gasteiger partial charge in [0.25, 0.3) is 5.91 Å². The maximum Gasteiger partial charge on any atom is 0.274 e. The summed E-state index contributed by atoms with van der Waals surface area (Å²) >= 11 is 0. The zero-order valence-electron chi connectivity index (χ0n) is 14.7. The number of hydrogen-bond donors (Lipinski definition) is 2. The van der Waals surface area contributed by atoms with Gasteiger partial charge >= 0.3 is 0 Å². The first-order chi connectivity index (χ1) is 13.2. The van der Waals surface area contributed by atoms with Gasteiger partial charge in [0, 0.05) is 23.3 Å². The predicted molar refractivity (Wildman–Crippen MR) is 106 cm³/mol. The Kier molecular flexibility index (Phi) is 4.45. The Morgan fingerprint density at radius 1 is 0.926 bits per heavy atom. The number of amides is 1. The van der Waals surface area contributed by atoms with Gasteiger partial charge in [-0.05, 0) is 31.2 Å². The Morgan fingerprint density at radius 3 is 2.59 bits per heavy atom. The second kappa shape index (κ2) is 7.21. The second-order valence-corrected chi connectivity index (χ2v) is 6.11. The van der Waals surface area contributed by atoms with Crippen LogP contribution in [0.25, 0.3) is 10.9 Å². The number of benzene rings is 2. The predicted octanol–water partition coefficient (Wildman–Crippen LogP) is 4.33. The Bertz CT molecular complexity index is 1100. The third kappa shape index (κ3) is 3.74. The largest absolute Gasteiger partial charge is 0.340 e. The highest BCUT2D eigenvalue weighted by Crippen LogP contribution is 2.21. The zero-order valence-corrected chi connectivity index (χ0v) is 14.7. The van der Waals surface area contributed by atoms with Crippen LogP contribution in [-0.4, -0.2) is 20.9 Å². The number of nitrogens with zero attached hydrogens (tertiary/aromatic N) is 3. The van der Waals surface area contributed by atoms with Gasteiger partial charge in [0.15, 0.2) is 0 Å². The van der Waals surface area contributed by atoms with Gasteiger partial charge in [-0.3, -0.25) is 9.78 Å². The molecule has 0 saturated carbocycles. The van der Waals surface area contributed by atoms with E-state index in [1.807, 2.05) is 61.5 Å². The normalized spacial score (nSPS) is 10.6. The fourth-order valence-corrected chi connectivity index (χ4v) is 2.73. The number of carbonyl (C=O) groups excluding carboxylic acids is 1. The minimum absolute atomic E-state index is 0.271. The Hall–Kier alpha value is -3.80. The van der Waals surface area contributed by atoms with E-state index in [0.29, 0.717) is 11.5 Å². The van der Waals surface area contributed by atoms with Gasteiger partial charge < -0.3 is 10.6 Å². The number of hydrogen-bond acceptors (Lipinski definition) is 5. The van der Waals surface area contributed by atoms with Crippen molar-refractivity contribution in [3.8, 4) is 0 Å². The molecule has 0 aliphatic rings. The van der Waals surface area contributed by atoms with Crippen LogP contribution in [0, 0.1) is 6.92 Å². The van der Waals surface area contributed by atoms with Crippen LogP contribution in [0.5, 0.6) is 0 Å². The van der Waals surface area contributed by atoms with Crippen molar-refractivity contribution in [2.45, 2.75) is 6.92 Å². The van der Waals surface area contributed by atoms with E-state index in [9.17, 15) is 4.79 Å². The van der Waals surface area contributed by atoms with Gasteiger partial charge in [0.2, 0.25) is 0 Å². The van der Waals surface area contributed by atoms with Gasteiger partial charge in [-0.25, -0.2) is 9.97 Å². The third-order valence-electron chi connectivity index (χ3n) is 4.10. The number of anilines is 3. The van der Waals surface area contributed by atoms with Crippen LogP contribution in [0.3, 0.4) is 0 Å². The molecule has 2 aromatic heterocycles. The average Bonchev–Trinajstić information content (AvgIpc) is 2.70. The van der Waals surface area contributed by atoms with E-state index in [-0.39, 0.29) is 11.6 Å². The lowest BCUT2D eigenvalue weighted by Gasteiger charge is -2.09. The van der Waals surface area contributed by atoms with Crippen molar-refractivity contribution >= 4 is 34.0 Å². The Labute approximate surface area is 156 Å². The molecule has 0 aliphatic heterocycles. The number of nitrogens with one attached hydrogen (secondary N) is 2. The van der Waals surface area contributed by atoms with Gasteiger partial charge in [0.1, 0.15) is 17.8 Å². The smallest absolute Gasteiger partial charge is 0.274 e. The first-order valence-corrected chi connectivity index (χ1v) is 8.50. The van der Waals surface area contributed by atoms with Crippen LogP contribution in [0.2, 0.25) is 0 Å². The summed E-state index contributed by atoms with van der Waals surface area (Å²) in [6.07, 6.45) is 3.07. The Morgan fingerprint density at radius 2 is 1.74 bits per heavy atom. The highest BCUT2D eigenvalue weighted by Gasteiger charge is 2.11. The summed E-state index contributed by atoms with van der Waals surface area (Å²) in [4.78, 5) is 25.3. The SMILES string of the molecule is Cc1ccc(Nc2cc(C(=O)Nc3cccc4cccnc34)ncn2)cc1. The topological polar surface area (TPSA) is 79.8 Å². The van der Waals surface area contributed by atoms with Crippen LogP contribution >= 0.6 is 0 Å². The third-order valence-corrected chi connectivity index (χ3v) is 4.10. The molecule has 132 valence electrons. The molecule has 4 rings (SSSR count). The number of fused-ring (bicyclic) bond motifs is 1. The van der Waals surface area contributed by atoms with E-state index in [0.717, 1.165) is 16.6 Å². The summed E-state index contributed by atoms with van der Waals surface area (Å²) in [5.74, 6) is 0.234. The minimum atomic E-state index is -0.317. The molecule has 2 aromatic carbocycles. The van der Waals surface area contributed by atoms with Crippen molar-refractivity contribution in [3.63, 3.8) is 0 Å². The molecule has 6 heteroatoms. The molecule has 0 radical (unpaired) electrons. The number of carbonyl (C=O) groups is 1. The van der Waals surface area contributed by atoms with Crippen molar-refractivity contribution in [1.29, 1.82) is 0 Å². The van der Waals surface area contributed by atoms with Gasteiger partial charge in [0.05, 0.1) is 11.2 Å². The van der Waals surface area contributed by atoms with E-state index in [2.05, 4.69) is 25.6 Å². The molecule has 6 nitrogen and oxygen atoms in total. The molecular weight excluding hydrogens is 338 g/mol. The highest BCUT2D eigenvalue weighted by molar-refractivity contribution is 6.07. The summed E-state index contributed by atoms with van der Waals surface area (Å²) in [5, 5.41) is 7.01. The molecular formula is C21H17N5O. The van der Waals surface area contributed by atoms with Gasteiger partial charge in [-0.1, -0.05) is 35.9 Å². The summed E-state index contributed by atoms with van der Waals surface area (Å²) < 4.78 is 0. The first kappa shape index (κ1) is 16.7. The summed E-state index contributed by atoms with van der Waals surface area (Å²) in [5.41, 5.74) is 3.72. The molecule has 0 aliphatic carbocycles. The summed E-state index contributed by atoms with van der Waals surface area (Å²) in [7, 11) is 0. The molecule has 4 aromatic rings. The summed E-state index contributed by atoms with van der Waals surface area (Å²) in [6, 6.07) is 19.0. The van der Waals surface area contributed by atoms with E-state index >= 15 is 0 Å². The molecule has 0 bridgehead atoms. The zero-order chi connectivity index (χ0) is 18.6. The lowest BCUT2D eigenvalue weighted by molar-refractivity contribution is 0.102. The van der Waals surface area contributed by atoms with Crippen LogP contribution in [0.4, 0.5) is 17.2 Å². The fraction of sp³-hybridized carbons (Fsp3) is 0.0476. The van der Waals surface area contributed by atoms with E-state index in [1.165, 1.54) is 11.9 Å². The van der Waals surface area contributed by atoms with Crippen molar-refractivity contribution in [1.82, 2.24) is 15.0 Å². The van der Waals surface area contributed by atoms with Crippen molar-refractivity contribution in [2.75, 3.05) is 10.6 Å². The second-order valence-electron chi connectivity index (χ2n) is 6.11. The van der Waals surface area contributed by atoms with E-state index in [1.54, 1.807) is 12.3 Å². The van der Waals surface area contributed by atoms with Crippen molar-refractivity contribution < 1.29 is 4.79 Å². The molecule has 2 N–H and O–H groups in total. The van der Waals surface area contributed by atoms with Crippen molar-refractivity contribution in [2.24, 2.45) is 0 Å². The minimum Gasteiger partial charge on any atom is -0.340 e. The number of rotatable bonds is 4. The lowest BCUT2D eigenvalue weighted by atomic mass is 10.2. The molecule has 0 saturated heterocycles. The lowest BCUT2D eigenvalue weighted by Crippen LogP contribution is -2.14. The van der Waals surface area contributed by atoms with E-state index < -0.39 is 0 Å². The molecule has 1 amide bonds. The van der Waals surface area contributed by atoms with Gasteiger partial charge in [-0.2, -0.15) is 0 Å². The number of pyridine rings is 1. The van der Waals surface area contributed by atoms with E-state index in [4.69, 9.17) is 0 Å². The fourth-order valence-electron chi connectivity index (χ4n) is 2.73. The average molecular weight is 355 g/mol. The summed E-state index contributed by atoms with van der Waals surface area (Å²) in [6.45, 7) is 2.03. The Balaban J connectivity index is 1.56. The molecule has 0 unspecified atom stereocenters. The van der Waals surface area contributed by atoms with Gasteiger partial charge in [-0.15, -0.1) is 0 Å². The van der Waals surface area contributed by atoms with Crippen LogP contribution < -0.4 is 10.6 Å². The highest BCUT2D eigenvalue weighted by atomic mass is 16.1. The number of aryl methyl sites for hydroxylation is 1. The molecule has 0 spiro atoms. The van der Waals surface area contributed by atoms with Crippen molar-refractivity contribution in [3.05, 3.63) is 84.4 Å². The quantitative estimate of drug-likeness (QED) is 0.569. The van der Waals surface area contributed by atoms with Crippen LogP contribution in [0.1, 0.15) is 16.1 Å². The first-order valence-electron chi connectivity index (χ1n) is 8.50. The number of para-hydroxylation sites is 1. The molecule has 0 atom stereocenters. The van der Waals surface area contributed by atoms with Crippen LogP contribution in [-0.2, 0) is 0 Å². The monoisotopic (exact) mass is 355 g/mol.